The number of nitrogens with zero attached hydrogens (tertiary/aromatic N) is 2. The van der Waals surface area contributed by atoms with Gasteiger partial charge in [0.1, 0.15) is 11.6 Å². The van der Waals surface area contributed by atoms with Crippen molar-refractivity contribution in [2.75, 3.05) is 11.9 Å². The molecule has 1 atom stereocenters. The van der Waals surface area contributed by atoms with E-state index in [1.165, 1.54) is 0 Å². The Labute approximate surface area is 114 Å². The Morgan fingerprint density at radius 3 is 2.68 bits per heavy atom. The van der Waals surface area contributed by atoms with Gasteiger partial charge >= 0.3 is 5.97 Å². The van der Waals surface area contributed by atoms with E-state index >= 15 is 0 Å². The molecule has 1 unspecified atom stereocenters. The molecule has 5 nitrogen and oxygen atoms in total. The molecular weight excluding hydrogens is 242 g/mol. The Hall–Kier alpha value is -1.65. The summed E-state index contributed by atoms with van der Waals surface area (Å²) in [5.41, 5.74) is 0.952. The summed E-state index contributed by atoms with van der Waals surface area (Å²) < 4.78 is 0. The molecule has 0 aliphatic carbocycles. The van der Waals surface area contributed by atoms with Crippen molar-refractivity contribution in [2.24, 2.45) is 5.92 Å². The number of aryl methyl sites for hydroxylation is 2. The lowest BCUT2D eigenvalue weighted by molar-refractivity contribution is -0.137. The molecule has 1 heterocycles. The summed E-state index contributed by atoms with van der Waals surface area (Å²) >= 11 is 0. The third-order valence-corrected chi connectivity index (χ3v) is 3.17. The SMILES string of the molecule is CCC(CCNc1cc(C)nc(C)n1)CCC(=O)O. The number of carbonyl (C=O) groups is 1. The van der Waals surface area contributed by atoms with Gasteiger partial charge in [-0.3, -0.25) is 4.79 Å². The molecule has 0 radical (unpaired) electrons. The number of carboxylic acid groups (broad SMARTS) is 1. The van der Waals surface area contributed by atoms with Crippen LogP contribution in [-0.2, 0) is 4.79 Å². The van der Waals surface area contributed by atoms with Crippen molar-refractivity contribution in [3.63, 3.8) is 0 Å². The highest BCUT2D eigenvalue weighted by molar-refractivity contribution is 5.66. The van der Waals surface area contributed by atoms with Gasteiger partial charge in [-0.1, -0.05) is 13.3 Å². The topological polar surface area (TPSA) is 75.1 Å². The predicted molar refractivity (Wildman–Crippen MR) is 75.3 cm³/mol. The molecule has 5 heteroatoms. The molecule has 106 valence electrons. The van der Waals surface area contributed by atoms with Crippen LogP contribution in [-0.4, -0.2) is 27.6 Å². The summed E-state index contributed by atoms with van der Waals surface area (Å²) in [6, 6.07) is 1.92. The number of nitrogens with one attached hydrogen (secondary N) is 1. The van der Waals surface area contributed by atoms with Gasteiger partial charge in [-0.2, -0.15) is 0 Å². The van der Waals surface area contributed by atoms with Crippen LogP contribution in [0.25, 0.3) is 0 Å². The van der Waals surface area contributed by atoms with Gasteiger partial charge < -0.3 is 10.4 Å². The number of aromatic nitrogens is 2. The summed E-state index contributed by atoms with van der Waals surface area (Å²) in [4.78, 5) is 19.1. The number of anilines is 1. The molecule has 0 bridgehead atoms. The maximum atomic E-state index is 10.6. The first-order valence-corrected chi connectivity index (χ1v) is 6.79. The molecule has 2 N–H and O–H groups in total. The number of carboxylic acids is 1. The number of hydrogen-bond donors (Lipinski definition) is 2. The number of hydrogen-bond acceptors (Lipinski definition) is 4. The molecule has 0 aromatic carbocycles. The van der Waals surface area contributed by atoms with Crippen LogP contribution in [0.5, 0.6) is 0 Å². The molecule has 0 saturated carbocycles. The fraction of sp³-hybridized carbons (Fsp3) is 0.643. The third-order valence-electron chi connectivity index (χ3n) is 3.17. The van der Waals surface area contributed by atoms with E-state index in [9.17, 15) is 4.79 Å². The maximum absolute atomic E-state index is 10.6. The Bertz CT molecular complexity index is 401. The first-order valence-electron chi connectivity index (χ1n) is 6.79. The molecule has 0 aliphatic heterocycles. The standard InChI is InChI=1S/C14H23N3O2/c1-4-12(5-6-14(18)19)7-8-15-13-9-10(2)16-11(3)17-13/h9,12H,4-8H2,1-3H3,(H,18,19)(H,15,16,17). The van der Waals surface area contributed by atoms with Gasteiger partial charge in [0.2, 0.25) is 0 Å². The van der Waals surface area contributed by atoms with Crippen molar-refractivity contribution in [2.45, 2.75) is 46.5 Å². The normalized spacial score (nSPS) is 12.2. The quantitative estimate of drug-likeness (QED) is 0.756. The molecule has 0 aliphatic rings. The van der Waals surface area contributed by atoms with Crippen molar-refractivity contribution in [3.8, 4) is 0 Å². The van der Waals surface area contributed by atoms with Gasteiger partial charge in [-0.05, 0) is 32.6 Å². The van der Waals surface area contributed by atoms with Crippen LogP contribution in [0, 0.1) is 19.8 Å². The van der Waals surface area contributed by atoms with E-state index < -0.39 is 5.97 Å². The highest BCUT2D eigenvalue weighted by Crippen LogP contribution is 2.16. The Kier molecular flexibility index (Phi) is 6.25. The van der Waals surface area contributed by atoms with Crippen LogP contribution in [0.1, 0.15) is 44.1 Å². The second-order valence-electron chi connectivity index (χ2n) is 4.86. The average molecular weight is 265 g/mol. The van der Waals surface area contributed by atoms with E-state index in [4.69, 9.17) is 5.11 Å². The summed E-state index contributed by atoms with van der Waals surface area (Å²) in [5.74, 6) is 1.35. The van der Waals surface area contributed by atoms with E-state index in [1.807, 2.05) is 19.9 Å². The van der Waals surface area contributed by atoms with Crippen molar-refractivity contribution < 1.29 is 9.90 Å². The molecule has 0 spiro atoms. The summed E-state index contributed by atoms with van der Waals surface area (Å²) in [6.45, 7) is 6.74. The monoisotopic (exact) mass is 265 g/mol. The lowest BCUT2D eigenvalue weighted by Gasteiger charge is -2.14. The van der Waals surface area contributed by atoms with Gasteiger partial charge in [0.15, 0.2) is 0 Å². The van der Waals surface area contributed by atoms with Crippen LogP contribution in [0.3, 0.4) is 0 Å². The second kappa shape index (κ2) is 7.71. The lowest BCUT2D eigenvalue weighted by atomic mass is 9.97. The Morgan fingerprint density at radius 1 is 1.37 bits per heavy atom. The third kappa shape index (κ3) is 6.18. The van der Waals surface area contributed by atoms with E-state index in [0.29, 0.717) is 5.92 Å². The van der Waals surface area contributed by atoms with Crippen molar-refractivity contribution in [3.05, 3.63) is 17.6 Å². The van der Waals surface area contributed by atoms with E-state index in [0.717, 1.165) is 43.1 Å². The van der Waals surface area contributed by atoms with Crippen LogP contribution >= 0.6 is 0 Å². The van der Waals surface area contributed by atoms with Crippen molar-refractivity contribution in [1.29, 1.82) is 0 Å². The van der Waals surface area contributed by atoms with Gasteiger partial charge in [-0.15, -0.1) is 0 Å². The predicted octanol–water partition coefficient (Wildman–Crippen LogP) is 2.79. The fourth-order valence-electron chi connectivity index (χ4n) is 2.09. The summed E-state index contributed by atoms with van der Waals surface area (Å²) in [7, 11) is 0. The van der Waals surface area contributed by atoms with Gasteiger partial charge in [0.25, 0.3) is 0 Å². The maximum Gasteiger partial charge on any atom is 0.303 e. The lowest BCUT2D eigenvalue weighted by Crippen LogP contribution is -2.11. The molecular formula is C14H23N3O2. The largest absolute Gasteiger partial charge is 0.481 e. The summed E-state index contributed by atoms with van der Waals surface area (Å²) in [5, 5.41) is 12.0. The second-order valence-corrected chi connectivity index (χ2v) is 4.86. The van der Waals surface area contributed by atoms with E-state index in [-0.39, 0.29) is 6.42 Å². The van der Waals surface area contributed by atoms with Gasteiger partial charge in [-0.25, -0.2) is 9.97 Å². The molecule has 1 rings (SSSR count). The molecule has 0 amide bonds. The zero-order valence-corrected chi connectivity index (χ0v) is 11.9. The zero-order chi connectivity index (χ0) is 14.3. The molecule has 0 fully saturated rings. The smallest absolute Gasteiger partial charge is 0.303 e. The average Bonchev–Trinajstić information content (AvgIpc) is 2.32. The van der Waals surface area contributed by atoms with Crippen LogP contribution in [0.2, 0.25) is 0 Å². The number of rotatable bonds is 8. The minimum absolute atomic E-state index is 0.254. The molecule has 1 aromatic heterocycles. The summed E-state index contributed by atoms with van der Waals surface area (Å²) in [6.07, 6.45) is 2.97. The first-order chi connectivity index (χ1) is 9.01. The van der Waals surface area contributed by atoms with Crippen molar-refractivity contribution in [1.82, 2.24) is 9.97 Å². The molecule has 1 aromatic rings. The highest BCUT2D eigenvalue weighted by Gasteiger charge is 2.09. The minimum Gasteiger partial charge on any atom is -0.481 e. The molecule has 0 saturated heterocycles. The van der Waals surface area contributed by atoms with E-state index in [2.05, 4.69) is 22.2 Å². The van der Waals surface area contributed by atoms with Crippen LogP contribution in [0.4, 0.5) is 5.82 Å². The number of aliphatic carboxylic acids is 1. The van der Waals surface area contributed by atoms with E-state index in [1.54, 1.807) is 0 Å². The zero-order valence-electron chi connectivity index (χ0n) is 11.9. The fourth-order valence-corrected chi connectivity index (χ4v) is 2.09. The molecule has 19 heavy (non-hydrogen) atoms. The minimum atomic E-state index is -0.714. The van der Waals surface area contributed by atoms with Crippen LogP contribution in [0.15, 0.2) is 6.07 Å². The van der Waals surface area contributed by atoms with Crippen LogP contribution < -0.4 is 5.32 Å². The van der Waals surface area contributed by atoms with Gasteiger partial charge in [0, 0.05) is 24.7 Å². The first kappa shape index (κ1) is 15.4. The van der Waals surface area contributed by atoms with Crippen molar-refractivity contribution >= 4 is 11.8 Å². The van der Waals surface area contributed by atoms with Gasteiger partial charge in [0.05, 0.1) is 0 Å². The Morgan fingerprint density at radius 2 is 2.11 bits per heavy atom. The Balaban J connectivity index is 2.37. The highest BCUT2D eigenvalue weighted by atomic mass is 16.4.